The molecule has 1 atom stereocenters. The zero-order chi connectivity index (χ0) is 19.2. The molecular weight excluding hydrogens is 366 g/mol. The summed E-state index contributed by atoms with van der Waals surface area (Å²) in [6.07, 6.45) is 2.01. The Bertz CT molecular complexity index is 714. The zero-order valence-corrected chi connectivity index (χ0v) is 16.4. The molecule has 2 amide bonds. The van der Waals surface area contributed by atoms with Crippen LogP contribution in [-0.2, 0) is 14.3 Å². The van der Waals surface area contributed by atoms with Gasteiger partial charge in [0.1, 0.15) is 0 Å². The van der Waals surface area contributed by atoms with E-state index < -0.39 is 12.0 Å². The third-order valence-electron chi connectivity index (χ3n) is 4.58. The molecule has 0 spiro atoms. The second-order valence-corrected chi connectivity index (χ2v) is 7.19. The topological polar surface area (TPSA) is 79.9 Å². The van der Waals surface area contributed by atoms with Gasteiger partial charge in [0.25, 0.3) is 0 Å². The van der Waals surface area contributed by atoms with E-state index >= 15 is 0 Å². The Morgan fingerprint density at radius 2 is 2.00 bits per heavy atom. The molecule has 0 saturated carbocycles. The van der Waals surface area contributed by atoms with Gasteiger partial charge in [-0.2, -0.15) is 0 Å². The van der Waals surface area contributed by atoms with E-state index in [9.17, 15) is 9.59 Å². The Kier molecular flexibility index (Phi) is 6.76. The lowest BCUT2D eigenvalue weighted by Gasteiger charge is -2.33. The van der Waals surface area contributed by atoms with Crippen molar-refractivity contribution in [1.82, 2.24) is 15.5 Å². The number of urea groups is 1. The number of rotatable bonds is 6. The Hall–Kier alpha value is -2.03. The number of hydrogen-bond donors (Lipinski definition) is 2. The van der Waals surface area contributed by atoms with Crippen molar-refractivity contribution in [2.45, 2.75) is 17.9 Å². The first kappa shape index (κ1) is 19.7. The van der Waals surface area contributed by atoms with Gasteiger partial charge >= 0.3 is 12.0 Å². The number of benzene rings is 1. The maximum absolute atomic E-state index is 12.7. The van der Waals surface area contributed by atoms with Crippen LogP contribution >= 0.6 is 11.8 Å². The fourth-order valence-electron chi connectivity index (χ4n) is 3.22. The average Bonchev–Trinajstić information content (AvgIpc) is 2.68. The Balaban J connectivity index is 1.95. The van der Waals surface area contributed by atoms with Crippen molar-refractivity contribution in [3.8, 4) is 0 Å². The predicted octanol–water partition coefficient (Wildman–Crippen LogP) is 1.91. The monoisotopic (exact) mass is 391 g/mol. The van der Waals surface area contributed by atoms with E-state index in [1.807, 2.05) is 30.5 Å². The molecule has 0 radical (unpaired) electrons. The molecule has 0 aliphatic carbocycles. The maximum Gasteiger partial charge on any atom is 0.338 e. The van der Waals surface area contributed by atoms with E-state index in [0.717, 1.165) is 23.5 Å². The first-order valence-corrected chi connectivity index (χ1v) is 10.3. The van der Waals surface area contributed by atoms with Crippen LogP contribution in [0.5, 0.6) is 0 Å². The number of thioether (sulfide) groups is 1. The van der Waals surface area contributed by atoms with Crippen LogP contribution in [0.4, 0.5) is 4.79 Å². The van der Waals surface area contributed by atoms with Gasteiger partial charge in [0.05, 0.1) is 31.4 Å². The normalized spacial score (nSPS) is 20.8. The van der Waals surface area contributed by atoms with Crippen LogP contribution in [0.2, 0.25) is 0 Å². The summed E-state index contributed by atoms with van der Waals surface area (Å²) in [4.78, 5) is 28.3. The molecule has 2 aliphatic heterocycles. The largest absolute Gasteiger partial charge is 0.463 e. The summed E-state index contributed by atoms with van der Waals surface area (Å²) in [7, 11) is 0. The maximum atomic E-state index is 12.7. The lowest BCUT2D eigenvalue weighted by molar-refractivity contribution is -0.139. The highest BCUT2D eigenvalue weighted by atomic mass is 32.2. The first-order chi connectivity index (χ1) is 13.1. The number of ether oxygens (including phenoxy) is 2. The first-order valence-electron chi connectivity index (χ1n) is 9.04. The molecule has 27 heavy (non-hydrogen) atoms. The molecule has 1 saturated heterocycles. The van der Waals surface area contributed by atoms with E-state index in [1.54, 1.807) is 18.7 Å². The van der Waals surface area contributed by atoms with Crippen molar-refractivity contribution in [3.63, 3.8) is 0 Å². The van der Waals surface area contributed by atoms with E-state index in [2.05, 4.69) is 15.5 Å². The van der Waals surface area contributed by atoms with Crippen molar-refractivity contribution in [3.05, 3.63) is 41.1 Å². The van der Waals surface area contributed by atoms with Gasteiger partial charge in [-0.05, 0) is 30.9 Å². The van der Waals surface area contributed by atoms with Crippen molar-refractivity contribution in [2.75, 3.05) is 45.7 Å². The van der Waals surface area contributed by atoms with Crippen molar-refractivity contribution >= 4 is 23.8 Å². The molecular formula is C19H25N3O4S. The minimum Gasteiger partial charge on any atom is -0.463 e. The summed E-state index contributed by atoms with van der Waals surface area (Å²) in [5.41, 5.74) is 1.91. The third-order valence-corrected chi connectivity index (χ3v) is 5.33. The summed E-state index contributed by atoms with van der Waals surface area (Å²) in [6, 6.07) is 6.99. The quantitative estimate of drug-likeness (QED) is 0.570. The Labute approximate surface area is 163 Å². The fourth-order valence-corrected chi connectivity index (χ4v) is 3.63. The number of carbonyl (C=O) groups excluding carboxylic acids is 2. The molecule has 2 heterocycles. The smallest absolute Gasteiger partial charge is 0.338 e. The van der Waals surface area contributed by atoms with E-state index in [4.69, 9.17) is 9.47 Å². The molecule has 2 N–H and O–H groups in total. The van der Waals surface area contributed by atoms with Crippen molar-refractivity contribution in [2.24, 2.45) is 0 Å². The van der Waals surface area contributed by atoms with Crippen molar-refractivity contribution in [1.29, 1.82) is 0 Å². The predicted molar refractivity (Wildman–Crippen MR) is 104 cm³/mol. The zero-order valence-electron chi connectivity index (χ0n) is 15.6. The van der Waals surface area contributed by atoms with Gasteiger partial charge in [-0.1, -0.05) is 12.1 Å². The summed E-state index contributed by atoms with van der Waals surface area (Å²) in [5, 5.41) is 5.69. The Morgan fingerprint density at radius 3 is 2.63 bits per heavy atom. The van der Waals surface area contributed by atoms with E-state index in [-0.39, 0.29) is 12.6 Å². The molecule has 146 valence electrons. The molecule has 3 rings (SSSR count). The molecule has 8 heteroatoms. The van der Waals surface area contributed by atoms with Gasteiger partial charge in [0.15, 0.2) is 0 Å². The molecule has 0 aromatic heterocycles. The molecule has 2 aliphatic rings. The standard InChI is InChI=1S/C19H25N3O4S/c1-3-26-18(23)16-15(12-22-8-10-25-11-9-22)20-19(24)21-17(16)13-4-6-14(27-2)7-5-13/h4-7,17H,3,8-12H2,1-2H3,(H2,20,21,24)/t17-/m0/s1. The SMILES string of the molecule is CCOC(=O)C1=C(CN2CCOCC2)NC(=O)N[C@H]1c1ccc(SC)cc1. The molecule has 1 aromatic carbocycles. The van der Waals surface area contributed by atoms with Gasteiger partial charge in [-0.15, -0.1) is 11.8 Å². The number of carbonyl (C=O) groups is 2. The van der Waals surface area contributed by atoms with E-state index in [1.165, 1.54) is 0 Å². The van der Waals surface area contributed by atoms with E-state index in [0.29, 0.717) is 31.0 Å². The van der Waals surface area contributed by atoms with Crippen LogP contribution in [-0.4, -0.2) is 62.6 Å². The number of hydrogen-bond acceptors (Lipinski definition) is 6. The fraction of sp³-hybridized carbons (Fsp3) is 0.474. The molecule has 1 fully saturated rings. The lowest BCUT2D eigenvalue weighted by Crippen LogP contribution is -2.49. The van der Waals surface area contributed by atoms with Gasteiger partial charge in [0, 0.05) is 30.2 Å². The Morgan fingerprint density at radius 1 is 1.30 bits per heavy atom. The van der Waals surface area contributed by atoms with Gasteiger partial charge in [0.2, 0.25) is 0 Å². The molecule has 1 aromatic rings. The highest BCUT2D eigenvalue weighted by Crippen LogP contribution is 2.29. The second kappa shape index (κ2) is 9.25. The summed E-state index contributed by atoms with van der Waals surface area (Å²) < 4.78 is 10.7. The van der Waals surface area contributed by atoms with Crippen LogP contribution < -0.4 is 10.6 Å². The highest BCUT2D eigenvalue weighted by Gasteiger charge is 2.34. The van der Waals surface area contributed by atoms with Gasteiger partial charge in [-0.3, -0.25) is 4.90 Å². The number of nitrogens with one attached hydrogen (secondary N) is 2. The average molecular weight is 391 g/mol. The van der Waals surface area contributed by atoms with Crippen LogP contribution in [0.15, 0.2) is 40.4 Å². The minimum atomic E-state index is -0.537. The van der Waals surface area contributed by atoms with Gasteiger partial charge < -0.3 is 20.1 Å². The minimum absolute atomic E-state index is 0.277. The number of amides is 2. The number of morpholine rings is 1. The summed E-state index contributed by atoms with van der Waals surface area (Å²) >= 11 is 1.64. The van der Waals surface area contributed by atoms with Crippen LogP contribution in [0.25, 0.3) is 0 Å². The van der Waals surface area contributed by atoms with Crippen LogP contribution in [0.1, 0.15) is 18.5 Å². The molecule has 7 nitrogen and oxygen atoms in total. The second-order valence-electron chi connectivity index (χ2n) is 6.31. The molecule has 0 bridgehead atoms. The van der Waals surface area contributed by atoms with Crippen LogP contribution in [0.3, 0.4) is 0 Å². The summed E-state index contributed by atoms with van der Waals surface area (Å²) in [5.74, 6) is -0.410. The lowest BCUT2D eigenvalue weighted by atomic mass is 9.95. The third kappa shape index (κ3) is 4.82. The molecule has 0 unspecified atom stereocenters. The van der Waals surface area contributed by atoms with Gasteiger partial charge in [-0.25, -0.2) is 9.59 Å². The number of esters is 1. The van der Waals surface area contributed by atoms with Crippen molar-refractivity contribution < 1.29 is 19.1 Å². The highest BCUT2D eigenvalue weighted by molar-refractivity contribution is 7.98. The van der Waals surface area contributed by atoms with Crippen LogP contribution in [0, 0.1) is 0 Å². The number of nitrogens with zero attached hydrogens (tertiary/aromatic N) is 1. The summed E-state index contributed by atoms with van der Waals surface area (Å²) in [6.45, 7) is 5.34.